The molecule has 6 nitrogen and oxygen atoms in total. The summed E-state index contributed by atoms with van der Waals surface area (Å²) in [5.74, 6) is 1.75. The topological polar surface area (TPSA) is 65.7 Å². The van der Waals surface area contributed by atoms with Gasteiger partial charge in [-0.3, -0.25) is 4.79 Å². The van der Waals surface area contributed by atoms with Crippen molar-refractivity contribution in [1.29, 1.82) is 0 Å². The van der Waals surface area contributed by atoms with E-state index in [1.807, 2.05) is 42.5 Å². The lowest BCUT2D eigenvalue weighted by atomic mass is 10.1. The summed E-state index contributed by atoms with van der Waals surface area (Å²) in [5.41, 5.74) is 4.33. The van der Waals surface area contributed by atoms with Gasteiger partial charge >= 0.3 is 0 Å². The van der Waals surface area contributed by atoms with E-state index in [1.54, 1.807) is 26.3 Å². The minimum atomic E-state index is -0.235. The standard InChI is InChI=1S/C28H26BrN3O3/c1-5-7-22-13-21(14-26(34-4)27(22)35-17-20-9-6-8-18(2)12-20)16-30-32-19(3)31-25-11-10-23(29)15-24(25)28(32)33/h5-6,8-16H,1,7,17H2,2-4H3. The highest BCUT2D eigenvalue weighted by atomic mass is 79.9. The summed E-state index contributed by atoms with van der Waals surface area (Å²) in [5, 5.41) is 4.94. The Bertz CT molecular complexity index is 1490. The Morgan fingerprint density at radius 3 is 2.71 bits per heavy atom. The highest BCUT2D eigenvalue weighted by molar-refractivity contribution is 9.10. The fourth-order valence-corrected chi connectivity index (χ4v) is 4.22. The van der Waals surface area contributed by atoms with Gasteiger partial charge in [-0.25, -0.2) is 4.98 Å². The maximum atomic E-state index is 13.0. The number of benzene rings is 3. The summed E-state index contributed by atoms with van der Waals surface area (Å²) < 4.78 is 13.9. The lowest BCUT2D eigenvalue weighted by Crippen LogP contribution is -2.20. The average molecular weight is 532 g/mol. The number of halogens is 1. The van der Waals surface area contributed by atoms with Crippen molar-refractivity contribution in [3.8, 4) is 11.5 Å². The SMILES string of the molecule is C=CCc1cc(C=Nn2c(C)nc3ccc(Br)cc3c2=O)cc(OC)c1OCc1cccc(C)c1. The number of hydrogen-bond donors (Lipinski definition) is 0. The van der Waals surface area contributed by atoms with Gasteiger partial charge in [-0.1, -0.05) is 51.8 Å². The molecule has 0 spiro atoms. The highest BCUT2D eigenvalue weighted by Crippen LogP contribution is 2.34. The molecule has 0 atom stereocenters. The predicted octanol–water partition coefficient (Wildman–Crippen LogP) is 5.97. The number of methoxy groups -OCH3 is 1. The Labute approximate surface area is 212 Å². The van der Waals surface area contributed by atoms with Crippen molar-refractivity contribution in [3.05, 3.63) is 110 Å². The molecule has 0 bridgehead atoms. The third-order valence-corrected chi connectivity index (χ3v) is 5.99. The van der Waals surface area contributed by atoms with Crippen LogP contribution in [0.25, 0.3) is 10.9 Å². The van der Waals surface area contributed by atoms with Gasteiger partial charge in [0.25, 0.3) is 5.56 Å². The number of aromatic nitrogens is 2. The predicted molar refractivity (Wildman–Crippen MR) is 144 cm³/mol. The molecule has 7 heteroatoms. The Hall–Kier alpha value is -3.71. The minimum absolute atomic E-state index is 0.235. The van der Waals surface area contributed by atoms with E-state index < -0.39 is 0 Å². The molecule has 178 valence electrons. The van der Waals surface area contributed by atoms with Gasteiger partial charge in [0.15, 0.2) is 11.5 Å². The van der Waals surface area contributed by atoms with Gasteiger partial charge in [0, 0.05) is 10.0 Å². The average Bonchev–Trinajstić information content (AvgIpc) is 2.83. The fourth-order valence-electron chi connectivity index (χ4n) is 3.86. The first-order chi connectivity index (χ1) is 16.9. The minimum Gasteiger partial charge on any atom is -0.493 e. The summed E-state index contributed by atoms with van der Waals surface area (Å²) in [6.07, 6.45) is 4.03. The molecule has 0 amide bonds. The van der Waals surface area contributed by atoms with Gasteiger partial charge < -0.3 is 9.47 Å². The molecule has 4 aromatic rings. The molecule has 4 rings (SSSR count). The molecule has 1 heterocycles. The smallest absolute Gasteiger partial charge is 0.282 e. The van der Waals surface area contributed by atoms with Gasteiger partial charge in [0.2, 0.25) is 0 Å². The second-order valence-corrected chi connectivity index (χ2v) is 9.08. The molecule has 0 saturated carbocycles. The first-order valence-electron chi connectivity index (χ1n) is 11.1. The van der Waals surface area contributed by atoms with Gasteiger partial charge in [0.1, 0.15) is 12.4 Å². The zero-order chi connectivity index (χ0) is 24.9. The summed E-state index contributed by atoms with van der Waals surface area (Å²) in [6, 6.07) is 17.4. The van der Waals surface area contributed by atoms with E-state index in [2.05, 4.69) is 51.7 Å². The number of ether oxygens (including phenoxy) is 2. The van der Waals surface area contributed by atoms with E-state index in [4.69, 9.17) is 9.47 Å². The van der Waals surface area contributed by atoms with Crippen molar-refractivity contribution in [1.82, 2.24) is 9.66 Å². The van der Waals surface area contributed by atoms with Crippen molar-refractivity contribution in [2.24, 2.45) is 5.10 Å². The van der Waals surface area contributed by atoms with E-state index >= 15 is 0 Å². The number of fused-ring (bicyclic) bond motifs is 1. The van der Waals surface area contributed by atoms with Crippen LogP contribution in [-0.4, -0.2) is 23.0 Å². The molecule has 0 unspecified atom stereocenters. The summed E-state index contributed by atoms with van der Waals surface area (Å²) >= 11 is 3.41. The van der Waals surface area contributed by atoms with Crippen LogP contribution in [0.2, 0.25) is 0 Å². The van der Waals surface area contributed by atoms with Crippen LogP contribution in [0.1, 0.15) is 28.1 Å². The van der Waals surface area contributed by atoms with Gasteiger partial charge in [-0.05, 0) is 61.7 Å². The van der Waals surface area contributed by atoms with E-state index in [-0.39, 0.29) is 5.56 Å². The van der Waals surface area contributed by atoms with Crippen molar-refractivity contribution >= 4 is 33.0 Å². The molecule has 0 N–H and O–H groups in total. The molecular formula is C28H26BrN3O3. The van der Waals surface area contributed by atoms with Crippen LogP contribution in [0.5, 0.6) is 11.5 Å². The van der Waals surface area contributed by atoms with Crippen LogP contribution in [-0.2, 0) is 13.0 Å². The molecule has 1 aromatic heterocycles. The van der Waals surface area contributed by atoms with E-state index in [0.717, 1.165) is 21.2 Å². The Morgan fingerprint density at radius 2 is 1.97 bits per heavy atom. The quantitative estimate of drug-likeness (QED) is 0.207. The number of rotatable bonds is 8. The summed E-state index contributed by atoms with van der Waals surface area (Å²) in [6.45, 7) is 8.11. The van der Waals surface area contributed by atoms with Crippen molar-refractivity contribution in [2.75, 3.05) is 7.11 Å². The fraction of sp³-hybridized carbons (Fsp3) is 0.179. The highest BCUT2D eigenvalue weighted by Gasteiger charge is 2.13. The molecule has 0 aliphatic carbocycles. The maximum absolute atomic E-state index is 13.0. The molecule has 35 heavy (non-hydrogen) atoms. The van der Waals surface area contributed by atoms with Crippen molar-refractivity contribution < 1.29 is 9.47 Å². The molecule has 0 fully saturated rings. The number of hydrogen-bond acceptors (Lipinski definition) is 5. The Balaban J connectivity index is 1.69. The third-order valence-electron chi connectivity index (χ3n) is 5.50. The first kappa shape index (κ1) is 24.4. The van der Waals surface area contributed by atoms with E-state index in [1.165, 1.54) is 10.2 Å². The zero-order valence-electron chi connectivity index (χ0n) is 19.9. The van der Waals surface area contributed by atoms with Gasteiger partial charge in [-0.15, -0.1) is 6.58 Å². The van der Waals surface area contributed by atoms with E-state index in [0.29, 0.717) is 41.3 Å². The largest absolute Gasteiger partial charge is 0.493 e. The second kappa shape index (κ2) is 10.7. The van der Waals surface area contributed by atoms with Gasteiger partial charge in [-0.2, -0.15) is 9.78 Å². The monoisotopic (exact) mass is 531 g/mol. The number of nitrogens with zero attached hydrogens (tertiary/aromatic N) is 3. The van der Waals surface area contributed by atoms with Gasteiger partial charge in [0.05, 0.1) is 24.2 Å². The van der Waals surface area contributed by atoms with Crippen LogP contribution < -0.4 is 15.0 Å². The zero-order valence-corrected chi connectivity index (χ0v) is 21.5. The lowest BCUT2D eigenvalue weighted by molar-refractivity contribution is 0.282. The maximum Gasteiger partial charge on any atom is 0.282 e. The van der Waals surface area contributed by atoms with Crippen LogP contribution >= 0.6 is 15.9 Å². The molecule has 0 radical (unpaired) electrons. The third kappa shape index (κ3) is 5.52. The molecule has 0 aliphatic rings. The number of allylic oxidation sites excluding steroid dienone is 1. The molecular weight excluding hydrogens is 506 g/mol. The Morgan fingerprint density at radius 1 is 1.14 bits per heavy atom. The van der Waals surface area contributed by atoms with Crippen molar-refractivity contribution in [3.63, 3.8) is 0 Å². The van der Waals surface area contributed by atoms with E-state index in [9.17, 15) is 4.79 Å². The molecule has 0 saturated heterocycles. The first-order valence-corrected chi connectivity index (χ1v) is 11.9. The summed E-state index contributed by atoms with van der Waals surface area (Å²) in [7, 11) is 1.60. The molecule has 0 aliphatic heterocycles. The van der Waals surface area contributed by atoms with Crippen LogP contribution in [0.3, 0.4) is 0 Å². The van der Waals surface area contributed by atoms with Crippen LogP contribution in [0.15, 0.2) is 81.6 Å². The normalized spacial score (nSPS) is 11.2. The lowest BCUT2D eigenvalue weighted by Gasteiger charge is -2.16. The second-order valence-electron chi connectivity index (χ2n) is 8.16. The molecule has 3 aromatic carbocycles. The summed E-state index contributed by atoms with van der Waals surface area (Å²) in [4.78, 5) is 17.6. The van der Waals surface area contributed by atoms with Crippen LogP contribution in [0, 0.1) is 13.8 Å². The van der Waals surface area contributed by atoms with Crippen LogP contribution in [0.4, 0.5) is 0 Å². The Kier molecular flexibility index (Phi) is 7.46. The van der Waals surface area contributed by atoms with Crippen molar-refractivity contribution in [2.45, 2.75) is 26.9 Å². The number of aryl methyl sites for hydroxylation is 2.